The Morgan fingerprint density at radius 1 is 0.966 bits per heavy atom. The van der Waals surface area contributed by atoms with Crippen LogP contribution in [0, 0.1) is 0 Å². The lowest BCUT2D eigenvalue weighted by Gasteiger charge is -2.35. The van der Waals surface area contributed by atoms with Crippen molar-refractivity contribution in [2.24, 2.45) is 0 Å². The van der Waals surface area contributed by atoms with Gasteiger partial charge in [0.25, 0.3) is 23.5 Å². The summed E-state index contributed by atoms with van der Waals surface area (Å²) in [5, 5.41) is 50.6. The van der Waals surface area contributed by atoms with Crippen molar-refractivity contribution in [1.29, 1.82) is 0 Å². The molecule has 0 radical (unpaired) electrons. The van der Waals surface area contributed by atoms with Gasteiger partial charge in [-0.3, -0.25) is 28.7 Å². The molecule has 166 valence electrons. The molecule has 7 N–H and O–H groups in total. The molecule has 1 aromatic rings. The molecule has 0 aromatic carbocycles. The van der Waals surface area contributed by atoms with Gasteiger partial charge in [0.1, 0.15) is 18.3 Å². The number of aliphatic hydroxyl groups is 3. The molecule has 0 aliphatic carbocycles. The molecule has 1 saturated heterocycles. The first-order chi connectivity index (χ1) is 13.2. The standard InChI is InChI=1S/C9H12N2O6.3C2H4O2/c12-4-3-17-8(7(15)6(4)14)11-2-1-5(13)10-9(11)16;3*1-2(3)4/h1-2,4,6-8,12,14-15H,3H2,(H,10,13,16);3*1H3,(H,3,4)/t4-,6-,7-,8?;;;/m1.../s1. The Kier molecular flexibility index (Phi) is 13.6. The van der Waals surface area contributed by atoms with E-state index in [-0.39, 0.29) is 6.61 Å². The quantitative estimate of drug-likeness (QED) is 0.246. The van der Waals surface area contributed by atoms with E-state index in [1.54, 1.807) is 0 Å². The van der Waals surface area contributed by atoms with E-state index in [1.165, 1.54) is 0 Å². The van der Waals surface area contributed by atoms with Gasteiger partial charge in [0, 0.05) is 33.0 Å². The van der Waals surface area contributed by atoms with E-state index in [1.807, 2.05) is 4.98 Å². The van der Waals surface area contributed by atoms with Gasteiger partial charge in [-0.05, 0) is 0 Å². The molecule has 1 unspecified atom stereocenters. The van der Waals surface area contributed by atoms with Gasteiger partial charge in [0.15, 0.2) is 6.23 Å². The topological polar surface area (TPSA) is 237 Å². The number of aliphatic carboxylic acids is 3. The highest BCUT2D eigenvalue weighted by Gasteiger charge is 2.38. The second kappa shape index (κ2) is 14.0. The Bertz CT molecular complexity index is 731. The predicted molar refractivity (Wildman–Crippen MR) is 94.3 cm³/mol. The second-order valence-corrected chi connectivity index (χ2v) is 5.35. The van der Waals surface area contributed by atoms with Crippen LogP contribution in [0.5, 0.6) is 0 Å². The minimum atomic E-state index is -1.46. The van der Waals surface area contributed by atoms with Gasteiger partial charge in [-0.15, -0.1) is 0 Å². The van der Waals surface area contributed by atoms with Crippen molar-refractivity contribution in [2.75, 3.05) is 6.61 Å². The molecule has 0 saturated carbocycles. The zero-order chi connectivity index (χ0) is 23.3. The fourth-order valence-electron chi connectivity index (χ4n) is 1.66. The summed E-state index contributed by atoms with van der Waals surface area (Å²) in [5.41, 5.74) is -1.33. The zero-order valence-electron chi connectivity index (χ0n) is 15.8. The van der Waals surface area contributed by atoms with Crippen molar-refractivity contribution in [3.05, 3.63) is 33.1 Å². The number of carboxylic acid groups (broad SMARTS) is 3. The van der Waals surface area contributed by atoms with E-state index < -0.39 is 53.7 Å². The molecule has 1 aliphatic heterocycles. The number of aromatic nitrogens is 2. The molecule has 0 spiro atoms. The third-order valence-electron chi connectivity index (χ3n) is 2.60. The molecule has 29 heavy (non-hydrogen) atoms. The van der Waals surface area contributed by atoms with Crippen LogP contribution in [0.3, 0.4) is 0 Å². The minimum absolute atomic E-state index is 0.214. The van der Waals surface area contributed by atoms with Crippen LogP contribution in [-0.2, 0) is 19.1 Å². The van der Waals surface area contributed by atoms with E-state index in [0.717, 1.165) is 37.6 Å². The van der Waals surface area contributed by atoms with Gasteiger partial charge in [0.2, 0.25) is 0 Å². The number of aliphatic hydroxyl groups excluding tert-OH is 3. The number of rotatable bonds is 1. The summed E-state index contributed by atoms with van der Waals surface area (Å²) in [6.45, 7) is 3.04. The third kappa shape index (κ3) is 13.7. The Labute approximate surface area is 163 Å². The summed E-state index contributed by atoms with van der Waals surface area (Å²) in [4.78, 5) is 51.3. The molecule has 1 fully saturated rings. The summed E-state index contributed by atoms with van der Waals surface area (Å²) < 4.78 is 6.01. The first-order valence-electron chi connectivity index (χ1n) is 7.76. The Balaban J connectivity index is 0. The van der Waals surface area contributed by atoms with E-state index in [0.29, 0.717) is 0 Å². The normalized spacial score (nSPS) is 22.3. The lowest BCUT2D eigenvalue weighted by Crippen LogP contribution is -2.52. The van der Waals surface area contributed by atoms with Crippen LogP contribution < -0.4 is 11.2 Å². The van der Waals surface area contributed by atoms with Crippen LogP contribution in [0.15, 0.2) is 21.9 Å². The van der Waals surface area contributed by atoms with Crippen molar-refractivity contribution in [2.45, 2.75) is 45.3 Å². The lowest BCUT2D eigenvalue weighted by atomic mass is 10.0. The third-order valence-corrected chi connectivity index (χ3v) is 2.60. The lowest BCUT2D eigenvalue weighted by molar-refractivity contribution is -0.212. The number of hydrogen-bond donors (Lipinski definition) is 7. The molecule has 4 atom stereocenters. The fraction of sp³-hybridized carbons (Fsp3) is 0.533. The van der Waals surface area contributed by atoms with E-state index >= 15 is 0 Å². The average molecular weight is 424 g/mol. The number of nitrogens with one attached hydrogen (secondary N) is 1. The van der Waals surface area contributed by atoms with Gasteiger partial charge in [0.05, 0.1) is 6.61 Å². The van der Waals surface area contributed by atoms with Crippen molar-refractivity contribution >= 4 is 17.9 Å². The number of aromatic amines is 1. The van der Waals surface area contributed by atoms with Gasteiger partial charge in [-0.25, -0.2) is 4.79 Å². The number of carboxylic acids is 3. The van der Waals surface area contributed by atoms with Crippen molar-refractivity contribution in [1.82, 2.24) is 9.55 Å². The SMILES string of the molecule is CC(=O)O.CC(=O)O.CC(=O)O.O=c1ccn(C2OC[C@@H](O)[C@@H](O)[C@H]2O)c(=O)[nH]1. The summed E-state index contributed by atoms with van der Waals surface area (Å²) in [7, 11) is 0. The molecule has 0 amide bonds. The van der Waals surface area contributed by atoms with Gasteiger partial charge < -0.3 is 35.4 Å². The maximum Gasteiger partial charge on any atom is 0.330 e. The molecule has 2 heterocycles. The summed E-state index contributed by atoms with van der Waals surface area (Å²) in [6.07, 6.45) is -4.06. The van der Waals surface area contributed by atoms with E-state index in [4.69, 9.17) is 34.4 Å². The highest BCUT2D eigenvalue weighted by molar-refractivity contribution is 5.63. The van der Waals surface area contributed by atoms with Gasteiger partial charge in [-0.2, -0.15) is 0 Å². The summed E-state index contributed by atoms with van der Waals surface area (Å²) in [6, 6.07) is 1.09. The highest BCUT2D eigenvalue weighted by atomic mass is 16.5. The number of hydrogen-bond acceptors (Lipinski definition) is 9. The van der Waals surface area contributed by atoms with Crippen LogP contribution in [0.25, 0.3) is 0 Å². The van der Waals surface area contributed by atoms with Gasteiger partial charge in [-0.1, -0.05) is 0 Å². The fourth-order valence-corrected chi connectivity index (χ4v) is 1.66. The maximum atomic E-state index is 11.4. The predicted octanol–water partition coefficient (Wildman–Crippen LogP) is -2.58. The monoisotopic (exact) mass is 424 g/mol. The number of carbonyl (C=O) groups is 3. The highest BCUT2D eigenvalue weighted by Crippen LogP contribution is 2.22. The van der Waals surface area contributed by atoms with Crippen LogP contribution in [0.1, 0.15) is 27.0 Å². The first kappa shape index (κ1) is 28.1. The van der Waals surface area contributed by atoms with Crippen LogP contribution in [-0.4, -0.2) is 83.0 Å². The Morgan fingerprint density at radius 3 is 1.76 bits per heavy atom. The van der Waals surface area contributed by atoms with Gasteiger partial charge >= 0.3 is 5.69 Å². The number of ether oxygens (including phenoxy) is 1. The summed E-state index contributed by atoms with van der Waals surface area (Å²) in [5.74, 6) is -2.50. The van der Waals surface area contributed by atoms with E-state index in [2.05, 4.69) is 0 Å². The first-order valence-corrected chi connectivity index (χ1v) is 7.76. The van der Waals surface area contributed by atoms with Crippen LogP contribution >= 0.6 is 0 Å². The molecule has 14 heteroatoms. The summed E-state index contributed by atoms with van der Waals surface area (Å²) >= 11 is 0. The second-order valence-electron chi connectivity index (χ2n) is 5.35. The number of nitrogens with zero attached hydrogens (tertiary/aromatic N) is 1. The number of H-pyrrole nitrogens is 1. The molecular formula is C15H24N2O12. The van der Waals surface area contributed by atoms with Crippen LogP contribution in [0.4, 0.5) is 0 Å². The van der Waals surface area contributed by atoms with E-state index in [9.17, 15) is 24.9 Å². The Morgan fingerprint density at radius 2 is 1.38 bits per heavy atom. The molecule has 0 bridgehead atoms. The zero-order valence-corrected chi connectivity index (χ0v) is 15.8. The van der Waals surface area contributed by atoms with Crippen molar-refractivity contribution in [3.8, 4) is 0 Å². The largest absolute Gasteiger partial charge is 0.481 e. The minimum Gasteiger partial charge on any atom is -0.481 e. The average Bonchev–Trinajstić information content (AvgIpc) is 2.52. The molecule has 2 rings (SSSR count). The smallest absolute Gasteiger partial charge is 0.330 e. The molecule has 14 nitrogen and oxygen atoms in total. The Hall–Kier alpha value is -3.07. The molecule has 1 aliphatic rings. The van der Waals surface area contributed by atoms with Crippen LogP contribution in [0.2, 0.25) is 0 Å². The van der Waals surface area contributed by atoms with Crippen molar-refractivity contribution < 1.29 is 49.8 Å². The maximum absolute atomic E-state index is 11.4. The van der Waals surface area contributed by atoms with Crippen molar-refractivity contribution in [3.63, 3.8) is 0 Å². The molecular weight excluding hydrogens is 400 g/mol. The molecule has 1 aromatic heterocycles.